The first-order valence-corrected chi connectivity index (χ1v) is 7.60. The molecule has 19 heavy (non-hydrogen) atoms. The van der Waals surface area contributed by atoms with Crippen molar-refractivity contribution >= 4 is 27.4 Å². The predicted octanol–water partition coefficient (Wildman–Crippen LogP) is 2.67. The van der Waals surface area contributed by atoms with Gasteiger partial charge in [-0.3, -0.25) is 0 Å². The van der Waals surface area contributed by atoms with Gasteiger partial charge in [0.25, 0.3) is 0 Å². The lowest BCUT2D eigenvalue weighted by Gasteiger charge is -2.12. The van der Waals surface area contributed by atoms with Crippen LogP contribution in [-0.4, -0.2) is 41.5 Å². The second-order valence-corrected chi connectivity index (χ2v) is 6.69. The summed E-state index contributed by atoms with van der Waals surface area (Å²) in [6.07, 6.45) is 2.94. The third-order valence-corrected chi connectivity index (χ3v) is 5.13. The number of rotatable bonds is 3. The molecule has 1 atom stereocenters. The molecule has 1 fully saturated rings. The number of fused-ring (bicyclic) bond motifs is 1. The molecule has 0 saturated carbocycles. The van der Waals surface area contributed by atoms with Crippen molar-refractivity contribution < 1.29 is 0 Å². The number of aryl methyl sites for hydroxylation is 2. The van der Waals surface area contributed by atoms with Gasteiger partial charge in [0.05, 0.1) is 5.39 Å². The van der Waals surface area contributed by atoms with E-state index in [-0.39, 0.29) is 0 Å². The molecule has 2 aromatic rings. The van der Waals surface area contributed by atoms with Crippen LogP contribution in [0, 0.1) is 19.8 Å². The first-order valence-electron chi connectivity index (χ1n) is 6.78. The molecule has 0 radical (unpaired) electrons. The molecule has 0 bridgehead atoms. The molecular formula is C14H20N4S. The number of nitrogens with zero attached hydrogens (tertiary/aromatic N) is 3. The molecule has 3 rings (SSSR count). The Hall–Kier alpha value is -1.20. The van der Waals surface area contributed by atoms with Crippen molar-refractivity contribution in [3.63, 3.8) is 0 Å². The van der Waals surface area contributed by atoms with Crippen LogP contribution in [0.2, 0.25) is 0 Å². The smallest absolute Gasteiger partial charge is 0.138 e. The monoisotopic (exact) mass is 276 g/mol. The normalized spacial score (nSPS) is 20.3. The largest absolute Gasteiger partial charge is 0.369 e. The van der Waals surface area contributed by atoms with Gasteiger partial charge < -0.3 is 10.2 Å². The number of hydrogen-bond acceptors (Lipinski definition) is 5. The molecule has 0 aliphatic carbocycles. The topological polar surface area (TPSA) is 41.1 Å². The van der Waals surface area contributed by atoms with Crippen LogP contribution in [0.4, 0.5) is 5.82 Å². The van der Waals surface area contributed by atoms with Crippen LogP contribution in [-0.2, 0) is 0 Å². The van der Waals surface area contributed by atoms with Gasteiger partial charge in [0, 0.05) is 18.0 Å². The zero-order valence-electron chi connectivity index (χ0n) is 11.7. The molecule has 2 aromatic heterocycles. The van der Waals surface area contributed by atoms with Gasteiger partial charge >= 0.3 is 0 Å². The molecule has 3 heterocycles. The third-order valence-electron chi connectivity index (χ3n) is 4.01. The van der Waals surface area contributed by atoms with Crippen molar-refractivity contribution in [3.05, 3.63) is 16.8 Å². The van der Waals surface area contributed by atoms with Gasteiger partial charge in [-0.15, -0.1) is 11.3 Å². The molecule has 5 heteroatoms. The highest BCUT2D eigenvalue weighted by atomic mass is 32.1. The van der Waals surface area contributed by atoms with Crippen molar-refractivity contribution in [1.29, 1.82) is 0 Å². The number of nitrogens with one attached hydrogen (secondary N) is 1. The van der Waals surface area contributed by atoms with Crippen LogP contribution in [0.1, 0.15) is 16.9 Å². The molecule has 1 aliphatic heterocycles. The number of thiophene rings is 1. The SMILES string of the molecule is Cc1sc2ncnc(NCC3CCN(C)C3)c2c1C. The minimum absolute atomic E-state index is 0.732. The molecule has 4 nitrogen and oxygen atoms in total. The first-order chi connectivity index (χ1) is 9.15. The lowest BCUT2D eigenvalue weighted by atomic mass is 10.1. The fourth-order valence-corrected chi connectivity index (χ4v) is 3.75. The summed E-state index contributed by atoms with van der Waals surface area (Å²) in [5, 5.41) is 4.74. The highest BCUT2D eigenvalue weighted by molar-refractivity contribution is 7.18. The van der Waals surface area contributed by atoms with Gasteiger partial charge in [-0.05, 0) is 45.3 Å². The Bertz CT molecular complexity index is 592. The summed E-state index contributed by atoms with van der Waals surface area (Å²) in [6, 6.07) is 0. The summed E-state index contributed by atoms with van der Waals surface area (Å²) in [5.41, 5.74) is 1.31. The van der Waals surface area contributed by atoms with E-state index in [1.54, 1.807) is 17.7 Å². The van der Waals surface area contributed by atoms with Crippen LogP contribution in [0.15, 0.2) is 6.33 Å². The summed E-state index contributed by atoms with van der Waals surface area (Å²) in [7, 11) is 2.19. The van der Waals surface area contributed by atoms with Crippen LogP contribution in [0.5, 0.6) is 0 Å². The highest BCUT2D eigenvalue weighted by Crippen LogP contribution is 2.32. The summed E-state index contributed by atoms with van der Waals surface area (Å²) in [5.74, 6) is 1.73. The van der Waals surface area contributed by atoms with Crippen molar-refractivity contribution in [2.75, 3.05) is 32.0 Å². The highest BCUT2D eigenvalue weighted by Gasteiger charge is 2.20. The molecule has 1 N–H and O–H groups in total. The fraction of sp³-hybridized carbons (Fsp3) is 0.571. The predicted molar refractivity (Wildman–Crippen MR) is 81.0 cm³/mol. The average molecular weight is 276 g/mol. The lowest BCUT2D eigenvalue weighted by Crippen LogP contribution is -2.19. The Morgan fingerprint density at radius 2 is 2.26 bits per heavy atom. The Kier molecular flexibility index (Phi) is 3.41. The van der Waals surface area contributed by atoms with Gasteiger partial charge in [-0.1, -0.05) is 0 Å². The van der Waals surface area contributed by atoms with Gasteiger partial charge in [-0.2, -0.15) is 0 Å². The zero-order valence-corrected chi connectivity index (χ0v) is 12.5. The molecule has 0 aromatic carbocycles. The third kappa shape index (κ3) is 2.44. The molecule has 1 saturated heterocycles. The van der Waals surface area contributed by atoms with Crippen LogP contribution in [0.25, 0.3) is 10.2 Å². The maximum absolute atomic E-state index is 4.43. The van der Waals surface area contributed by atoms with Gasteiger partial charge in [0.1, 0.15) is 17.0 Å². The van der Waals surface area contributed by atoms with E-state index < -0.39 is 0 Å². The Labute approximate surface area is 117 Å². The quantitative estimate of drug-likeness (QED) is 0.936. The van der Waals surface area contributed by atoms with Crippen LogP contribution < -0.4 is 5.32 Å². The molecule has 1 aliphatic rings. The molecule has 1 unspecified atom stereocenters. The fourth-order valence-electron chi connectivity index (χ4n) is 2.75. The minimum Gasteiger partial charge on any atom is -0.369 e. The van der Waals surface area contributed by atoms with Crippen LogP contribution in [0.3, 0.4) is 0 Å². The van der Waals surface area contributed by atoms with E-state index in [0.29, 0.717) is 0 Å². The van der Waals surface area contributed by atoms with E-state index in [1.165, 1.54) is 35.3 Å². The molecule has 0 spiro atoms. The summed E-state index contributed by atoms with van der Waals surface area (Å²) >= 11 is 1.75. The minimum atomic E-state index is 0.732. The maximum atomic E-state index is 4.43. The van der Waals surface area contributed by atoms with E-state index in [4.69, 9.17) is 0 Å². The molecule has 102 valence electrons. The average Bonchev–Trinajstić information content (AvgIpc) is 2.93. The molecular weight excluding hydrogens is 256 g/mol. The molecule has 0 amide bonds. The van der Waals surface area contributed by atoms with E-state index >= 15 is 0 Å². The standard InChI is InChI=1S/C14H20N4S/c1-9-10(2)19-14-12(9)13(16-8-17-14)15-6-11-4-5-18(3)7-11/h8,11H,4-7H2,1-3H3,(H,15,16,17). The number of hydrogen-bond donors (Lipinski definition) is 1. The number of likely N-dealkylation sites (tertiary alicyclic amines) is 1. The van der Waals surface area contributed by atoms with Crippen LogP contribution >= 0.6 is 11.3 Å². The van der Waals surface area contributed by atoms with E-state index in [2.05, 4.69) is 41.1 Å². The van der Waals surface area contributed by atoms with Crippen molar-refractivity contribution in [2.24, 2.45) is 5.92 Å². The maximum Gasteiger partial charge on any atom is 0.138 e. The second kappa shape index (κ2) is 5.06. The first kappa shape index (κ1) is 12.8. The van der Waals surface area contributed by atoms with E-state index in [9.17, 15) is 0 Å². The lowest BCUT2D eigenvalue weighted by molar-refractivity contribution is 0.399. The zero-order chi connectivity index (χ0) is 13.4. The van der Waals surface area contributed by atoms with Gasteiger partial charge in [0.2, 0.25) is 0 Å². The number of anilines is 1. The Morgan fingerprint density at radius 3 is 3.00 bits per heavy atom. The van der Waals surface area contributed by atoms with E-state index in [1.807, 2.05) is 0 Å². The summed E-state index contributed by atoms with van der Waals surface area (Å²) in [4.78, 5) is 13.6. The summed E-state index contributed by atoms with van der Waals surface area (Å²) in [6.45, 7) is 7.71. The van der Waals surface area contributed by atoms with E-state index in [0.717, 1.165) is 23.1 Å². The second-order valence-electron chi connectivity index (χ2n) is 5.48. The Balaban J connectivity index is 1.81. The van der Waals surface area contributed by atoms with Gasteiger partial charge in [0.15, 0.2) is 0 Å². The summed E-state index contributed by atoms with van der Waals surface area (Å²) < 4.78 is 0. The van der Waals surface area contributed by atoms with Crippen molar-refractivity contribution in [2.45, 2.75) is 20.3 Å². The Morgan fingerprint density at radius 1 is 1.42 bits per heavy atom. The van der Waals surface area contributed by atoms with Crippen molar-refractivity contribution in [1.82, 2.24) is 14.9 Å². The van der Waals surface area contributed by atoms with Gasteiger partial charge in [-0.25, -0.2) is 9.97 Å². The number of aromatic nitrogens is 2. The van der Waals surface area contributed by atoms with Crippen molar-refractivity contribution in [3.8, 4) is 0 Å².